The van der Waals surface area contributed by atoms with E-state index in [0.29, 0.717) is 36.0 Å². The Kier molecular flexibility index (Phi) is 6.70. The lowest BCUT2D eigenvalue weighted by molar-refractivity contribution is 0.0696. The van der Waals surface area contributed by atoms with Crippen molar-refractivity contribution in [3.8, 4) is 11.5 Å². The minimum Gasteiger partial charge on any atom is -0.497 e. The summed E-state index contributed by atoms with van der Waals surface area (Å²) >= 11 is 1.10. The van der Waals surface area contributed by atoms with Crippen molar-refractivity contribution in [2.24, 2.45) is 5.92 Å². The first-order chi connectivity index (χ1) is 13.9. The summed E-state index contributed by atoms with van der Waals surface area (Å²) in [6.07, 6.45) is 1.43. The third kappa shape index (κ3) is 4.85. The van der Waals surface area contributed by atoms with Crippen molar-refractivity contribution in [1.82, 2.24) is 19.2 Å². The number of rotatable bonds is 7. The molecule has 11 heteroatoms. The zero-order chi connectivity index (χ0) is 21.0. The average Bonchev–Trinajstić information content (AvgIpc) is 3.17. The van der Waals surface area contributed by atoms with E-state index in [4.69, 9.17) is 9.47 Å². The molecule has 0 radical (unpaired) electrons. The van der Waals surface area contributed by atoms with Gasteiger partial charge in [-0.2, -0.15) is 0 Å². The van der Waals surface area contributed by atoms with Crippen molar-refractivity contribution in [1.29, 1.82) is 0 Å². The Labute approximate surface area is 174 Å². The van der Waals surface area contributed by atoms with Crippen LogP contribution in [-0.4, -0.2) is 62.7 Å². The van der Waals surface area contributed by atoms with E-state index in [-0.39, 0.29) is 22.5 Å². The molecule has 0 bridgehead atoms. The minimum atomic E-state index is -3.76. The molecule has 1 N–H and O–H groups in total. The molecule has 0 atom stereocenters. The largest absolute Gasteiger partial charge is 0.497 e. The van der Waals surface area contributed by atoms with Gasteiger partial charge in [-0.15, -0.1) is 5.10 Å². The lowest BCUT2D eigenvalue weighted by Gasteiger charge is -2.31. The maximum absolute atomic E-state index is 12.8. The fraction of sp³-hybridized carbons (Fsp3) is 0.500. The number of ether oxygens (including phenoxy) is 2. The molecular weight excluding hydrogens is 416 g/mol. The van der Waals surface area contributed by atoms with E-state index in [1.54, 1.807) is 24.0 Å². The van der Waals surface area contributed by atoms with Crippen LogP contribution in [0.3, 0.4) is 0 Å². The molecule has 2 heterocycles. The van der Waals surface area contributed by atoms with Crippen LogP contribution in [0.1, 0.15) is 28.2 Å². The first-order valence-electron chi connectivity index (χ1n) is 9.15. The Morgan fingerprint density at radius 3 is 2.59 bits per heavy atom. The van der Waals surface area contributed by atoms with Crippen LogP contribution >= 0.6 is 11.5 Å². The number of sulfonamides is 1. The van der Waals surface area contributed by atoms with Crippen molar-refractivity contribution in [2.45, 2.75) is 24.7 Å². The van der Waals surface area contributed by atoms with Crippen LogP contribution in [0.5, 0.6) is 11.5 Å². The SMILES string of the molecule is COc1ccc(OC)c(S(=O)(=O)NCC2CCN(C(=O)c3snnc3C)CC2)c1. The van der Waals surface area contributed by atoms with E-state index in [2.05, 4.69) is 14.3 Å². The molecule has 9 nitrogen and oxygen atoms in total. The summed E-state index contributed by atoms with van der Waals surface area (Å²) in [6.45, 7) is 3.22. The number of amides is 1. The molecule has 1 saturated heterocycles. The summed E-state index contributed by atoms with van der Waals surface area (Å²) in [4.78, 5) is 14.9. The highest BCUT2D eigenvalue weighted by Gasteiger charge is 2.28. The summed E-state index contributed by atoms with van der Waals surface area (Å²) in [7, 11) is -0.855. The van der Waals surface area contributed by atoms with E-state index in [0.717, 1.165) is 24.4 Å². The van der Waals surface area contributed by atoms with Gasteiger partial charge in [0.25, 0.3) is 5.91 Å². The number of carbonyl (C=O) groups is 1. The van der Waals surface area contributed by atoms with Crippen LogP contribution in [-0.2, 0) is 10.0 Å². The van der Waals surface area contributed by atoms with Gasteiger partial charge in [-0.1, -0.05) is 4.49 Å². The predicted octanol–water partition coefficient (Wildman–Crippen LogP) is 1.69. The molecule has 1 amide bonds. The number of aryl methyl sites for hydroxylation is 1. The monoisotopic (exact) mass is 440 g/mol. The molecule has 0 saturated carbocycles. The van der Waals surface area contributed by atoms with Gasteiger partial charge in [0, 0.05) is 25.7 Å². The number of benzene rings is 1. The normalized spacial score (nSPS) is 15.3. The van der Waals surface area contributed by atoms with Crippen LogP contribution < -0.4 is 14.2 Å². The van der Waals surface area contributed by atoms with Crippen molar-refractivity contribution in [3.05, 3.63) is 28.8 Å². The highest BCUT2D eigenvalue weighted by molar-refractivity contribution is 7.89. The fourth-order valence-electron chi connectivity index (χ4n) is 3.21. The number of hydrogen-bond donors (Lipinski definition) is 1. The van der Waals surface area contributed by atoms with Crippen molar-refractivity contribution >= 4 is 27.5 Å². The standard InChI is InChI=1S/C18H24N4O5S2/c1-12-17(28-21-20-12)18(23)22-8-6-13(7-9-22)11-19-29(24,25)16-10-14(26-2)4-5-15(16)27-3/h4-5,10,13,19H,6-9,11H2,1-3H3. The molecular formula is C18H24N4O5S2. The van der Waals surface area contributed by atoms with Gasteiger partial charge in [0.2, 0.25) is 10.0 Å². The number of methoxy groups -OCH3 is 2. The van der Waals surface area contributed by atoms with Crippen LogP contribution in [0.15, 0.2) is 23.1 Å². The van der Waals surface area contributed by atoms with Crippen molar-refractivity contribution in [3.63, 3.8) is 0 Å². The van der Waals surface area contributed by atoms with Crippen LogP contribution in [0.4, 0.5) is 0 Å². The van der Waals surface area contributed by atoms with Crippen molar-refractivity contribution in [2.75, 3.05) is 33.9 Å². The first kappa shape index (κ1) is 21.5. The summed E-state index contributed by atoms with van der Waals surface area (Å²) in [5.41, 5.74) is 0.641. The molecule has 3 rings (SSSR count). The molecule has 0 spiro atoms. The van der Waals surface area contributed by atoms with Gasteiger partial charge in [0.1, 0.15) is 21.3 Å². The highest BCUT2D eigenvalue weighted by Crippen LogP contribution is 2.28. The van der Waals surface area contributed by atoms with Gasteiger partial charge in [-0.3, -0.25) is 4.79 Å². The Morgan fingerprint density at radius 2 is 2.00 bits per heavy atom. The molecule has 1 aromatic heterocycles. The van der Waals surface area contributed by atoms with E-state index in [9.17, 15) is 13.2 Å². The topological polar surface area (TPSA) is 111 Å². The Morgan fingerprint density at radius 1 is 1.28 bits per heavy atom. The van der Waals surface area contributed by atoms with Crippen LogP contribution in [0.25, 0.3) is 0 Å². The average molecular weight is 441 g/mol. The number of aromatic nitrogens is 2. The predicted molar refractivity (Wildman–Crippen MR) is 108 cm³/mol. The Bertz CT molecular complexity index is 968. The lowest BCUT2D eigenvalue weighted by Crippen LogP contribution is -2.41. The fourth-order valence-corrected chi connectivity index (χ4v) is 5.13. The number of nitrogens with zero attached hydrogens (tertiary/aromatic N) is 3. The third-order valence-electron chi connectivity index (χ3n) is 4.97. The minimum absolute atomic E-state index is 0.0418. The van der Waals surface area contributed by atoms with Gasteiger partial charge >= 0.3 is 0 Å². The Hall–Kier alpha value is -2.24. The smallest absolute Gasteiger partial charge is 0.267 e. The number of likely N-dealkylation sites (tertiary alicyclic amines) is 1. The quantitative estimate of drug-likeness (QED) is 0.697. The molecule has 29 heavy (non-hydrogen) atoms. The van der Waals surface area contributed by atoms with Gasteiger partial charge < -0.3 is 14.4 Å². The summed E-state index contributed by atoms with van der Waals surface area (Å²) in [5, 5.41) is 3.88. The van der Waals surface area contributed by atoms with Gasteiger partial charge in [0.15, 0.2) is 0 Å². The summed E-state index contributed by atoms with van der Waals surface area (Å²) in [5.74, 6) is 0.779. The lowest BCUT2D eigenvalue weighted by atomic mass is 9.97. The molecule has 0 aliphatic carbocycles. The molecule has 0 unspecified atom stereocenters. The second kappa shape index (κ2) is 9.06. The zero-order valence-electron chi connectivity index (χ0n) is 16.5. The number of nitrogens with one attached hydrogen (secondary N) is 1. The van der Waals surface area contributed by atoms with Crippen LogP contribution in [0.2, 0.25) is 0 Å². The van der Waals surface area contributed by atoms with E-state index in [1.165, 1.54) is 20.3 Å². The highest BCUT2D eigenvalue weighted by atomic mass is 32.2. The molecule has 1 aromatic carbocycles. The molecule has 1 aliphatic rings. The number of carbonyl (C=O) groups excluding carboxylic acids is 1. The maximum Gasteiger partial charge on any atom is 0.267 e. The second-order valence-corrected chi connectivity index (χ2v) is 9.28. The van der Waals surface area contributed by atoms with Gasteiger partial charge in [-0.25, -0.2) is 13.1 Å². The van der Waals surface area contributed by atoms with E-state index < -0.39 is 10.0 Å². The summed E-state index contributed by atoms with van der Waals surface area (Å²) in [6, 6.07) is 4.65. The van der Waals surface area contributed by atoms with Gasteiger partial charge in [0.05, 0.1) is 19.9 Å². The Balaban J connectivity index is 1.59. The number of hydrogen-bond acceptors (Lipinski definition) is 8. The van der Waals surface area contributed by atoms with Gasteiger partial charge in [-0.05, 0) is 49.3 Å². The summed E-state index contributed by atoms with van der Waals surface area (Å²) < 4.78 is 42.3. The van der Waals surface area contributed by atoms with Crippen LogP contribution in [0, 0.1) is 12.8 Å². The molecule has 158 valence electrons. The maximum atomic E-state index is 12.8. The molecule has 2 aromatic rings. The zero-order valence-corrected chi connectivity index (χ0v) is 18.2. The molecule has 1 fully saturated rings. The van der Waals surface area contributed by atoms with E-state index in [1.807, 2.05) is 0 Å². The first-order valence-corrected chi connectivity index (χ1v) is 11.4. The third-order valence-corrected chi connectivity index (χ3v) is 7.23. The number of piperidine rings is 1. The van der Waals surface area contributed by atoms with E-state index >= 15 is 0 Å². The van der Waals surface area contributed by atoms with Crippen molar-refractivity contribution < 1.29 is 22.7 Å². The molecule has 1 aliphatic heterocycles. The second-order valence-electron chi connectivity index (χ2n) is 6.79.